The van der Waals surface area contributed by atoms with Crippen LogP contribution in [0.15, 0.2) is 66.7 Å². The van der Waals surface area contributed by atoms with Crippen LogP contribution in [-0.2, 0) is 19.6 Å². The standard InChI is InChI=1S/C22H20Cl2FNO.ClH/c23-19-8-7-18(21(24)13-19)15-27-22-4-2-1-3-17(22)14-26-12-11-16-5-9-20(25)10-6-16;/h1-10,13,26H,11-12,14-15H2;1H. The highest BCUT2D eigenvalue weighted by Crippen LogP contribution is 2.24. The van der Waals surface area contributed by atoms with Crippen molar-refractivity contribution >= 4 is 35.6 Å². The van der Waals surface area contributed by atoms with Gasteiger partial charge in [-0.25, -0.2) is 4.39 Å². The van der Waals surface area contributed by atoms with Crippen LogP contribution in [-0.4, -0.2) is 6.54 Å². The molecule has 0 atom stereocenters. The Morgan fingerprint density at radius 1 is 0.893 bits per heavy atom. The van der Waals surface area contributed by atoms with Crippen LogP contribution >= 0.6 is 35.6 Å². The van der Waals surface area contributed by atoms with E-state index < -0.39 is 0 Å². The molecule has 0 bridgehead atoms. The molecule has 0 heterocycles. The lowest BCUT2D eigenvalue weighted by molar-refractivity contribution is 0.302. The Balaban J connectivity index is 0.00000280. The summed E-state index contributed by atoms with van der Waals surface area (Å²) in [4.78, 5) is 0. The molecule has 0 aromatic heterocycles. The van der Waals surface area contributed by atoms with E-state index >= 15 is 0 Å². The molecule has 0 aliphatic rings. The van der Waals surface area contributed by atoms with Crippen molar-refractivity contribution < 1.29 is 9.13 Å². The molecule has 2 nitrogen and oxygen atoms in total. The molecule has 0 fully saturated rings. The molecule has 0 saturated carbocycles. The average molecular weight is 441 g/mol. The first-order valence-electron chi connectivity index (χ1n) is 8.71. The Labute approximate surface area is 181 Å². The Kier molecular flexibility index (Phi) is 9.07. The number of ether oxygens (including phenoxy) is 1. The van der Waals surface area contributed by atoms with Crippen molar-refractivity contribution in [3.63, 3.8) is 0 Å². The molecule has 0 aliphatic carbocycles. The van der Waals surface area contributed by atoms with Gasteiger partial charge >= 0.3 is 0 Å². The highest BCUT2D eigenvalue weighted by Gasteiger charge is 2.06. The Bertz CT molecular complexity index is 887. The summed E-state index contributed by atoms with van der Waals surface area (Å²) < 4.78 is 18.9. The fraction of sp³-hybridized carbons (Fsp3) is 0.182. The number of halogens is 4. The maximum absolute atomic E-state index is 12.9. The minimum absolute atomic E-state index is 0. The molecule has 1 N–H and O–H groups in total. The summed E-state index contributed by atoms with van der Waals surface area (Å²) in [5.41, 5.74) is 3.06. The molecule has 0 spiro atoms. The summed E-state index contributed by atoms with van der Waals surface area (Å²) >= 11 is 12.1. The lowest BCUT2D eigenvalue weighted by atomic mass is 10.1. The van der Waals surface area contributed by atoms with Gasteiger partial charge < -0.3 is 10.1 Å². The van der Waals surface area contributed by atoms with E-state index in [1.54, 1.807) is 12.1 Å². The first kappa shape index (κ1) is 22.5. The van der Waals surface area contributed by atoms with Crippen LogP contribution in [0.25, 0.3) is 0 Å². The van der Waals surface area contributed by atoms with E-state index in [9.17, 15) is 4.39 Å². The number of benzene rings is 3. The molecule has 0 unspecified atom stereocenters. The smallest absolute Gasteiger partial charge is 0.124 e. The first-order chi connectivity index (χ1) is 13.1. The van der Waals surface area contributed by atoms with Gasteiger partial charge in [0.05, 0.1) is 0 Å². The Morgan fingerprint density at radius 2 is 1.64 bits per heavy atom. The highest BCUT2D eigenvalue weighted by molar-refractivity contribution is 6.35. The third-order valence-electron chi connectivity index (χ3n) is 4.19. The molecule has 0 aliphatic heterocycles. The molecule has 0 saturated heterocycles. The third-order valence-corrected chi connectivity index (χ3v) is 4.78. The zero-order valence-corrected chi connectivity index (χ0v) is 17.5. The molecule has 3 aromatic carbocycles. The van der Waals surface area contributed by atoms with Crippen LogP contribution < -0.4 is 10.1 Å². The second-order valence-electron chi connectivity index (χ2n) is 6.19. The normalized spacial score (nSPS) is 10.4. The number of para-hydroxylation sites is 1. The van der Waals surface area contributed by atoms with Crippen molar-refractivity contribution in [2.75, 3.05) is 6.54 Å². The van der Waals surface area contributed by atoms with Crippen molar-refractivity contribution in [2.45, 2.75) is 19.6 Å². The quantitative estimate of drug-likeness (QED) is 0.406. The molecular formula is C22H21Cl3FNO. The monoisotopic (exact) mass is 439 g/mol. The molecule has 28 heavy (non-hydrogen) atoms. The van der Waals surface area contributed by atoms with Gasteiger partial charge in [-0.05, 0) is 48.9 Å². The summed E-state index contributed by atoms with van der Waals surface area (Å²) in [6.07, 6.45) is 0.837. The van der Waals surface area contributed by atoms with Crippen molar-refractivity contribution in [2.24, 2.45) is 0 Å². The van der Waals surface area contributed by atoms with Crippen LogP contribution in [0.4, 0.5) is 4.39 Å². The second kappa shape index (κ2) is 11.3. The lowest BCUT2D eigenvalue weighted by Gasteiger charge is -2.13. The summed E-state index contributed by atoms with van der Waals surface area (Å²) in [6, 6.07) is 19.9. The van der Waals surface area contributed by atoms with E-state index in [0.717, 1.165) is 35.4 Å². The van der Waals surface area contributed by atoms with Gasteiger partial charge in [-0.15, -0.1) is 12.4 Å². The maximum Gasteiger partial charge on any atom is 0.124 e. The fourth-order valence-electron chi connectivity index (χ4n) is 2.69. The van der Waals surface area contributed by atoms with E-state index in [2.05, 4.69) is 5.32 Å². The van der Waals surface area contributed by atoms with E-state index in [-0.39, 0.29) is 18.2 Å². The van der Waals surface area contributed by atoms with Gasteiger partial charge in [0.2, 0.25) is 0 Å². The van der Waals surface area contributed by atoms with Crippen molar-refractivity contribution in [3.05, 3.63) is 99.3 Å². The van der Waals surface area contributed by atoms with E-state index in [0.29, 0.717) is 23.2 Å². The predicted molar refractivity (Wildman–Crippen MR) is 116 cm³/mol. The first-order valence-corrected chi connectivity index (χ1v) is 9.47. The predicted octanol–water partition coefficient (Wildman–Crippen LogP) is 6.47. The summed E-state index contributed by atoms with van der Waals surface area (Å²) in [7, 11) is 0. The number of nitrogens with one attached hydrogen (secondary N) is 1. The molecule has 3 rings (SSSR count). The summed E-state index contributed by atoms with van der Waals surface area (Å²) in [6.45, 7) is 1.86. The molecule has 148 valence electrons. The number of hydrogen-bond acceptors (Lipinski definition) is 2. The van der Waals surface area contributed by atoms with Crippen LogP contribution in [0.3, 0.4) is 0 Å². The molecule has 0 amide bonds. The fourth-order valence-corrected chi connectivity index (χ4v) is 3.15. The van der Waals surface area contributed by atoms with Gasteiger partial charge in [0.25, 0.3) is 0 Å². The molecular weight excluding hydrogens is 420 g/mol. The second-order valence-corrected chi connectivity index (χ2v) is 7.03. The van der Waals surface area contributed by atoms with E-state index in [1.807, 2.05) is 42.5 Å². The largest absolute Gasteiger partial charge is 0.489 e. The molecule has 3 aromatic rings. The van der Waals surface area contributed by atoms with Gasteiger partial charge in [-0.3, -0.25) is 0 Å². The molecule has 0 radical (unpaired) electrons. The van der Waals surface area contributed by atoms with Gasteiger partial charge in [0.15, 0.2) is 0 Å². The zero-order valence-electron chi connectivity index (χ0n) is 15.1. The van der Waals surface area contributed by atoms with Gasteiger partial charge in [0.1, 0.15) is 18.2 Å². The van der Waals surface area contributed by atoms with Crippen LogP contribution in [0.5, 0.6) is 5.75 Å². The Hall–Kier alpha value is -1.78. The van der Waals surface area contributed by atoms with Crippen molar-refractivity contribution in [3.8, 4) is 5.75 Å². The lowest BCUT2D eigenvalue weighted by Crippen LogP contribution is -2.17. The van der Waals surface area contributed by atoms with E-state index in [4.69, 9.17) is 27.9 Å². The van der Waals surface area contributed by atoms with Gasteiger partial charge in [-0.2, -0.15) is 0 Å². The van der Waals surface area contributed by atoms with Crippen LogP contribution in [0, 0.1) is 5.82 Å². The van der Waals surface area contributed by atoms with Crippen LogP contribution in [0.2, 0.25) is 10.0 Å². The van der Waals surface area contributed by atoms with Crippen molar-refractivity contribution in [1.29, 1.82) is 0 Å². The minimum Gasteiger partial charge on any atom is -0.489 e. The SMILES string of the molecule is Cl.Fc1ccc(CCNCc2ccccc2OCc2ccc(Cl)cc2Cl)cc1. The number of rotatable bonds is 8. The summed E-state index contributed by atoms with van der Waals surface area (Å²) in [5.74, 6) is 0.608. The maximum atomic E-state index is 12.9. The third kappa shape index (κ3) is 6.68. The highest BCUT2D eigenvalue weighted by atomic mass is 35.5. The van der Waals surface area contributed by atoms with Gasteiger partial charge in [-0.1, -0.05) is 59.6 Å². The Morgan fingerprint density at radius 3 is 2.39 bits per heavy atom. The summed E-state index contributed by atoms with van der Waals surface area (Å²) in [5, 5.41) is 4.61. The zero-order chi connectivity index (χ0) is 19.1. The van der Waals surface area contributed by atoms with Crippen molar-refractivity contribution in [1.82, 2.24) is 5.32 Å². The molecule has 6 heteroatoms. The van der Waals surface area contributed by atoms with E-state index in [1.165, 1.54) is 12.1 Å². The number of hydrogen-bond donors (Lipinski definition) is 1. The minimum atomic E-state index is -0.210. The van der Waals surface area contributed by atoms with Crippen LogP contribution in [0.1, 0.15) is 16.7 Å². The van der Waals surface area contributed by atoms with Gasteiger partial charge in [0, 0.05) is 27.7 Å². The average Bonchev–Trinajstić information content (AvgIpc) is 2.67. The topological polar surface area (TPSA) is 21.3 Å².